The van der Waals surface area contributed by atoms with Crippen molar-refractivity contribution in [1.29, 1.82) is 0 Å². The number of halogens is 1. The number of methoxy groups -OCH3 is 1. The average Bonchev–Trinajstić information content (AvgIpc) is 3.08. The minimum Gasteiger partial charge on any atom is -0.497 e. The topological polar surface area (TPSA) is 60.2 Å². The van der Waals surface area contributed by atoms with E-state index < -0.39 is 0 Å². The molecular weight excluding hydrogens is 322 g/mol. The fourth-order valence-corrected chi connectivity index (χ4v) is 3.17. The van der Waals surface area contributed by atoms with Gasteiger partial charge in [-0.3, -0.25) is 5.32 Å². The van der Waals surface area contributed by atoms with Crippen LogP contribution in [0.3, 0.4) is 0 Å². The molecule has 0 aliphatic rings. The molecule has 4 rings (SSSR count). The molecule has 0 aliphatic carbocycles. The molecule has 0 spiro atoms. The zero-order valence-corrected chi connectivity index (χ0v) is 13.0. The molecule has 0 saturated heterocycles. The molecule has 0 aliphatic heterocycles. The Morgan fingerprint density at radius 2 is 2.00 bits per heavy atom. The van der Waals surface area contributed by atoms with E-state index in [9.17, 15) is 0 Å². The van der Waals surface area contributed by atoms with Crippen LogP contribution in [-0.2, 0) is 0 Å². The molecule has 0 saturated carbocycles. The monoisotopic (exact) mass is 331 g/mol. The summed E-state index contributed by atoms with van der Waals surface area (Å²) in [6.07, 6.45) is 0. The van der Waals surface area contributed by atoms with Crippen molar-refractivity contribution in [3.8, 4) is 5.75 Å². The van der Waals surface area contributed by atoms with Crippen molar-refractivity contribution >= 4 is 55.4 Å². The maximum atomic E-state index is 5.94. The third kappa shape index (κ3) is 2.36. The summed E-state index contributed by atoms with van der Waals surface area (Å²) in [4.78, 5) is 8.86. The lowest BCUT2D eigenvalue weighted by Gasteiger charge is -1.96. The van der Waals surface area contributed by atoms with Crippen LogP contribution in [0.5, 0.6) is 5.75 Å². The zero-order valence-electron chi connectivity index (χ0n) is 11.5. The third-order valence-electron chi connectivity index (χ3n) is 3.16. The molecule has 0 atom stereocenters. The molecular formula is C15H10ClN3O2S. The summed E-state index contributed by atoms with van der Waals surface area (Å²) in [7, 11) is 1.64. The molecule has 2 heterocycles. The number of rotatable bonds is 3. The summed E-state index contributed by atoms with van der Waals surface area (Å²) in [5.74, 6) is 0.805. The first-order valence-corrected chi connectivity index (χ1v) is 7.68. The van der Waals surface area contributed by atoms with Gasteiger partial charge in [0, 0.05) is 11.1 Å². The van der Waals surface area contributed by atoms with Crippen LogP contribution in [0, 0.1) is 0 Å². The maximum absolute atomic E-state index is 5.94. The van der Waals surface area contributed by atoms with Gasteiger partial charge in [-0.2, -0.15) is 4.98 Å². The van der Waals surface area contributed by atoms with Crippen LogP contribution < -0.4 is 10.1 Å². The smallest absolute Gasteiger partial charge is 0.302 e. The van der Waals surface area contributed by atoms with Gasteiger partial charge in [-0.05, 0) is 30.3 Å². The summed E-state index contributed by atoms with van der Waals surface area (Å²) >= 11 is 7.45. The predicted octanol–water partition coefficient (Wildman–Crippen LogP) is 4.84. The first-order chi connectivity index (χ1) is 10.7. The SMILES string of the molecule is COc1ccc2nc(Nc3nc4ccc(Cl)cc4o3)sc2c1. The largest absolute Gasteiger partial charge is 0.497 e. The van der Waals surface area contributed by atoms with Gasteiger partial charge >= 0.3 is 6.01 Å². The highest BCUT2D eigenvalue weighted by atomic mass is 35.5. The Morgan fingerprint density at radius 3 is 2.86 bits per heavy atom. The summed E-state index contributed by atoms with van der Waals surface area (Å²) in [5.41, 5.74) is 2.28. The number of thiazole rings is 1. The molecule has 0 radical (unpaired) electrons. The van der Waals surface area contributed by atoms with Crippen LogP contribution in [0.15, 0.2) is 40.8 Å². The van der Waals surface area contributed by atoms with E-state index in [2.05, 4.69) is 15.3 Å². The number of oxazole rings is 1. The van der Waals surface area contributed by atoms with Crippen molar-refractivity contribution < 1.29 is 9.15 Å². The minimum absolute atomic E-state index is 0.392. The first-order valence-electron chi connectivity index (χ1n) is 6.49. The number of ether oxygens (including phenoxy) is 1. The molecule has 110 valence electrons. The second-order valence-electron chi connectivity index (χ2n) is 4.61. The van der Waals surface area contributed by atoms with Gasteiger partial charge in [-0.25, -0.2) is 4.98 Å². The van der Waals surface area contributed by atoms with Crippen molar-refractivity contribution in [1.82, 2.24) is 9.97 Å². The summed E-state index contributed by atoms with van der Waals surface area (Å²) in [6, 6.07) is 11.5. The molecule has 2 aromatic carbocycles. The van der Waals surface area contributed by atoms with E-state index in [4.69, 9.17) is 20.8 Å². The average molecular weight is 332 g/mol. The van der Waals surface area contributed by atoms with Gasteiger partial charge in [-0.15, -0.1) is 0 Å². The van der Waals surface area contributed by atoms with Gasteiger partial charge < -0.3 is 9.15 Å². The number of benzene rings is 2. The molecule has 0 unspecified atom stereocenters. The Kier molecular flexibility index (Phi) is 3.13. The minimum atomic E-state index is 0.392. The number of nitrogens with zero attached hydrogens (tertiary/aromatic N) is 2. The van der Waals surface area contributed by atoms with Crippen LogP contribution >= 0.6 is 22.9 Å². The third-order valence-corrected chi connectivity index (χ3v) is 4.33. The van der Waals surface area contributed by atoms with Crippen molar-refractivity contribution in [2.75, 3.05) is 12.4 Å². The molecule has 22 heavy (non-hydrogen) atoms. The van der Waals surface area contributed by atoms with Gasteiger partial charge in [0.25, 0.3) is 0 Å². The Balaban J connectivity index is 1.69. The Morgan fingerprint density at radius 1 is 1.14 bits per heavy atom. The molecule has 5 nitrogen and oxygen atoms in total. The van der Waals surface area contributed by atoms with Gasteiger partial charge in [-0.1, -0.05) is 22.9 Å². The van der Waals surface area contributed by atoms with Crippen LogP contribution in [0.2, 0.25) is 5.02 Å². The second kappa shape index (κ2) is 5.15. The highest BCUT2D eigenvalue weighted by molar-refractivity contribution is 7.22. The summed E-state index contributed by atoms with van der Waals surface area (Å²) < 4.78 is 11.9. The Bertz CT molecular complexity index is 979. The Labute approximate surface area is 134 Å². The molecule has 0 bridgehead atoms. The van der Waals surface area contributed by atoms with Crippen molar-refractivity contribution in [2.24, 2.45) is 0 Å². The van der Waals surface area contributed by atoms with E-state index in [-0.39, 0.29) is 0 Å². The van der Waals surface area contributed by atoms with Crippen LogP contribution in [-0.4, -0.2) is 17.1 Å². The van der Waals surface area contributed by atoms with Gasteiger partial charge in [0.15, 0.2) is 10.7 Å². The van der Waals surface area contributed by atoms with Crippen molar-refractivity contribution in [3.05, 3.63) is 41.4 Å². The number of fused-ring (bicyclic) bond motifs is 2. The summed E-state index contributed by atoms with van der Waals surface area (Å²) in [5, 5.41) is 4.41. The standard InChI is InChI=1S/C15H10ClN3O2S/c1-20-9-3-5-11-13(7-9)22-15(18-11)19-14-17-10-4-2-8(16)6-12(10)21-14/h2-7H,1H3,(H,17,18,19). The predicted molar refractivity (Wildman–Crippen MR) is 88.5 cm³/mol. The first kappa shape index (κ1) is 13.4. The number of hydrogen-bond acceptors (Lipinski definition) is 6. The van der Waals surface area contributed by atoms with Crippen LogP contribution in [0.25, 0.3) is 21.3 Å². The van der Waals surface area contributed by atoms with E-state index >= 15 is 0 Å². The van der Waals surface area contributed by atoms with Crippen molar-refractivity contribution in [3.63, 3.8) is 0 Å². The zero-order chi connectivity index (χ0) is 15.1. The fourth-order valence-electron chi connectivity index (χ4n) is 2.13. The normalized spacial score (nSPS) is 11.2. The second-order valence-corrected chi connectivity index (χ2v) is 6.08. The van der Waals surface area contributed by atoms with Gasteiger partial charge in [0.05, 0.1) is 17.3 Å². The van der Waals surface area contributed by atoms with Gasteiger partial charge in [0.2, 0.25) is 0 Å². The van der Waals surface area contributed by atoms with E-state index in [1.807, 2.05) is 24.3 Å². The van der Waals surface area contributed by atoms with E-state index in [0.717, 1.165) is 21.5 Å². The molecule has 2 aromatic heterocycles. The molecule has 1 N–H and O–H groups in total. The van der Waals surface area contributed by atoms with Crippen molar-refractivity contribution in [2.45, 2.75) is 0 Å². The summed E-state index contributed by atoms with van der Waals surface area (Å²) in [6.45, 7) is 0. The highest BCUT2D eigenvalue weighted by Crippen LogP contribution is 2.31. The maximum Gasteiger partial charge on any atom is 0.302 e. The quantitative estimate of drug-likeness (QED) is 0.582. The highest BCUT2D eigenvalue weighted by Gasteiger charge is 2.10. The number of aromatic nitrogens is 2. The molecule has 4 aromatic rings. The molecule has 7 heteroatoms. The molecule has 0 amide bonds. The lowest BCUT2D eigenvalue weighted by molar-refractivity contribution is 0.415. The van der Waals surface area contributed by atoms with E-state index in [0.29, 0.717) is 21.8 Å². The lowest BCUT2D eigenvalue weighted by Crippen LogP contribution is -1.88. The number of hydrogen-bond donors (Lipinski definition) is 1. The van der Waals surface area contributed by atoms with E-state index in [1.54, 1.807) is 19.2 Å². The number of anilines is 2. The van der Waals surface area contributed by atoms with Crippen LogP contribution in [0.4, 0.5) is 11.1 Å². The van der Waals surface area contributed by atoms with E-state index in [1.165, 1.54) is 11.3 Å². The van der Waals surface area contributed by atoms with Gasteiger partial charge in [0.1, 0.15) is 11.3 Å². The lowest BCUT2D eigenvalue weighted by atomic mass is 10.3. The van der Waals surface area contributed by atoms with Crippen LogP contribution in [0.1, 0.15) is 0 Å². The fraction of sp³-hybridized carbons (Fsp3) is 0.0667. The number of nitrogens with one attached hydrogen (secondary N) is 1. The Hall–Kier alpha value is -2.31. The molecule has 0 fully saturated rings.